The fourth-order valence-corrected chi connectivity index (χ4v) is 4.50. The molecule has 1 amide bonds. The Morgan fingerprint density at radius 2 is 1.92 bits per heavy atom. The summed E-state index contributed by atoms with van der Waals surface area (Å²) < 4.78 is 7.73. The maximum Gasteiger partial charge on any atom is 0.296 e. The van der Waals surface area contributed by atoms with Crippen molar-refractivity contribution in [3.05, 3.63) is 99.6 Å². The lowest BCUT2D eigenvalue weighted by Gasteiger charge is -2.27. The summed E-state index contributed by atoms with van der Waals surface area (Å²) in [6.45, 7) is 1.86. The standard InChI is InChI=1S/C25H21ClN6O4/c1-14(23-29-20(22(33)25(35)31(23)2)24(34)28-16-11-27-36-13-16)21(17-8-4-5-9-18(17)26)32-12-15-7-3-6-10-19(15)30-32/h3-14,21,33H,1-2H3,(H,28,34)/t14-,21-/m1/s1. The van der Waals surface area contributed by atoms with Crippen molar-refractivity contribution in [1.82, 2.24) is 24.5 Å². The summed E-state index contributed by atoms with van der Waals surface area (Å²) in [4.78, 5) is 30.2. The summed E-state index contributed by atoms with van der Waals surface area (Å²) in [5.41, 5.74) is 0.643. The molecule has 2 atom stereocenters. The van der Waals surface area contributed by atoms with Crippen LogP contribution >= 0.6 is 11.6 Å². The molecular weight excluding hydrogens is 484 g/mol. The highest BCUT2D eigenvalue weighted by atomic mass is 35.5. The van der Waals surface area contributed by atoms with E-state index in [1.807, 2.05) is 55.6 Å². The number of anilines is 1. The minimum Gasteiger partial charge on any atom is -0.501 e. The highest BCUT2D eigenvalue weighted by Crippen LogP contribution is 2.37. The van der Waals surface area contributed by atoms with E-state index in [4.69, 9.17) is 21.2 Å². The van der Waals surface area contributed by atoms with Gasteiger partial charge in [0.15, 0.2) is 5.69 Å². The summed E-state index contributed by atoms with van der Waals surface area (Å²) in [7, 11) is 1.49. The number of hydrogen-bond acceptors (Lipinski definition) is 7. The van der Waals surface area contributed by atoms with Crippen LogP contribution in [-0.4, -0.2) is 35.5 Å². The molecule has 0 aliphatic heterocycles. The quantitative estimate of drug-likeness (QED) is 0.356. The lowest BCUT2D eigenvalue weighted by Crippen LogP contribution is -2.30. The second kappa shape index (κ2) is 9.31. The zero-order valence-electron chi connectivity index (χ0n) is 19.3. The number of nitrogens with zero attached hydrogens (tertiary/aromatic N) is 5. The molecule has 5 rings (SSSR count). The van der Waals surface area contributed by atoms with E-state index in [-0.39, 0.29) is 11.5 Å². The van der Waals surface area contributed by atoms with Gasteiger partial charge in [0, 0.05) is 29.6 Å². The van der Waals surface area contributed by atoms with E-state index in [1.54, 1.807) is 10.7 Å². The predicted octanol–water partition coefficient (Wildman–Crippen LogP) is 4.12. The number of halogens is 1. The number of nitrogens with one attached hydrogen (secondary N) is 1. The van der Waals surface area contributed by atoms with Gasteiger partial charge in [-0.25, -0.2) is 4.98 Å². The third kappa shape index (κ3) is 4.11. The van der Waals surface area contributed by atoms with Crippen LogP contribution in [0.5, 0.6) is 5.75 Å². The highest BCUT2D eigenvalue weighted by Gasteiger charge is 2.31. The van der Waals surface area contributed by atoms with Gasteiger partial charge in [-0.1, -0.05) is 60.1 Å². The molecule has 0 bridgehead atoms. The first-order valence-corrected chi connectivity index (χ1v) is 11.4. The summed E-state index contributed by atoms with van der Waals surface area (Å²) in [6, 6.07) is 14.6. The van der Waals surface area contributed by atoms with Crippen molar-refractivity contribution < 1.29 is 14.4 Å². The maximum absolute atomic E-state index is 12.9. The molecule has 3 aromatic heterocycles. The van der Waals surface area contributed by atoms with E-state index >= 15 is 0 Å². The zero-order chi connectivity index (χ0) is 25.4. The van der Waals surface area contributed by atoms with Crippen molar-refractivity contribution in [3.8, 4) is 5.75 Å². The first kappa shape index (κ1) is 23.3. The van der Waals surface area contributed by atoms with Crippen molar-refractivity contribution in [2.75, 3.05) is 5.32 Å². The predicted molar refractivity (Wildman–Crippen MR) is 133 cm³/mol. The van der Waals surface area contributed by atoms with E-state index in [2.05, 4.69) is 15.5 Å². The molecule has 0 radical (unpaired) electrons. The van der Waals surface area contributed by atoms with Gasteiger partial charge < -0.3 is 14.9 Å². The number of benzene rings is 2. The number of aromatic nitrogens is 5. The first-order chi connectivity index (χ1) is 17.3. The Morgan fingerprint density at radius 1 is 1.17 bits per heavy atom. The number of fused-ring (bicyclic) bond motifs is 1. The molecule has 0 saturated heterocycles. The Bertz CT molecular complexity index is 1590. The SMILES string of the molecule is C[C@@H](c1nc(C(=O)Nc2cnoc2)c(O)c(=O)n1C)[C@H](c1ccccc1Cl)n1cc2ccccc2n1. The molecule has 0 aliphatic carbocycles. The van der Waals surface area contributed by atoms with Crippen LogP contribution in [0.4, 0.5) is 5.69 Å². The lowest BCUT2D eigenvalue weighted by atomic mass is 9.93. The molecule has 0 spiro atoms. The third-order valence-electron chi connectivity index (χ3n) is 6.03. The van der Waals surface area contributed by atoms with Gasteiger partial charge in [0.25, 0.3) is 11.5 Å². The van der Waals surface area contributed by atoms with Gasteiger partial charge in [0.1, 0.15) is 17.8 Å². The molecule has 11 heteroatoms. The minimum atomic E-state index is -0.777. The van der Waals surface area contributed by atoms with Gasteiger partial charge in [-0.2, -0.15) is 5.10 Å². The van der Waals surface area contributed by atoms with Gasteiger partial charge in [-0.3, -0.25) is 18.8 Å². The monoisotopic (exact) mass is 504 g/mol. The largest absolute Gasteiger partial charge is 0.501 e. The normalized spacial score (nSPS) is 13.0. The highest BCUT2D eigenvalue weighted by molar-refractivity contribution is 6.31. The topological polar surface area (TPSA) is 128 Å². The molecule has 2 N–H and O–H groups in total. The molecule has 5 aromatic rings. The van der Waals surface area contributed by atoms with Gasteiger partial charge in [0.2, 0.25) is 5.75 Å². The first-order valence-electron chi connectivity index (χ1n) is 11.0. The van der Waals surface area contributed by atoms with Crippen LogP contribution in [0.1, 0.15) is 40.8 Å². The molecule has 3 heterocycles. The van der Waals surface area contributed by atoms with Crippen molar-refractivity contribution >= 4 is 34.1 Å². The number of carbonyl (C=O) groups is 1. The van der Waals surface area contributed by atoms with Crippen LogP contribution in [-0.2, 0) is 7.05 Å². The van der Waals surface area contributed by atoms with Gasteiger partial charge in [0.05, 0.1) is 17.8 Å². The Hall–Kier alpha value is -4.44. The number of aromatic hydroxyl groups is 1. The maximum atomic E-state index is 12.9. The van der Waals surface area contributed by atoms with E-state index in [0.29, 0.717) is 5.02 Å². The average molecular weight is 505 g/mol. The van der Waals surface area contributed by atoms with E-state index in [0.717, 1.165) is 16.5 Å². The Morgan fingerprint density at radius 3 is 2.64 bits per heavy atom. The van der Waals surface area contributed by atoms with Crippen LogP contribution in [0.2, 0.25) is 5.02 Å². The molecule has 0 saturated carbocycles. The molecule has 182 valence electrons. The minimum absolute atomic E-state index is 0.258. The number of amides is 1. The Labute approximate surface area is 209 Å². The van der Waals surface area contributed by atoms with E-state index in [9.17, 15) is 14.7 Å². The van der Waals surface area contributed by atoms with Crippen LogP contribution < -0.4 is 10.9 Å². The number of carbonyl (C=O) groups excluding carboxylic acids is 1. The fourth-order valence-electron chi connectivity index (χ4n) is 4.25. The molecule has 0 aliphatic rings. The summed E-state index contributed by atoms with van der Waals surface area (Å²) in [5, 5.41) is 22.7. The van der Waals surface area contributed by atoms with Gasteiger partial charge >= 0.3 is 0 Å². The molecule has 0 unspecified atom stereocenters. The number of rotatable bonds is 6. The molecule has 2 aromatic carbocycles. The Balaban J connectivity index is 1.65. The summed E-state index contributed by atoms with van der Waals surface area (Å²) >= 11 is 6.61. The second-order valence-electron chi connectivity index (χ2n) is 8.32. The molecule has 10 nitrogen and oxygen atoms in total. The van der Waals surface area contributed by atoms with Crippen molar-refractivity contribution in [2.24, 2.45) is 7.05 Å². The van der Waals surface area contributed by atoms with Crippen molar-refractivity contribution in [2.45, 2.75) is 18.9 Å². The third-order valence-corrected chi connectivity index (χ3v) is 6.37. The summed E-state index contributed by atoms with van der Waals surface area (Å²) in [6.07, 6.45) is 4.41. The molecule has 0 fully saturated rings. The second-order valence-corrected chi connectivity index (χ2v) is 8.73. The van der Waals surface area contributed by atoms with Crippen molar-refractivity contribution in [1.29, 1.82) is 0 Å². The zero-order valence-corrected chi connectivity index (χ0v) is 20.0. The summed E-state index contributed by atoms with van der Waals surface area (Å²) in [5.74, 6) is -1.78. The van der Waals surface area contributed by atoms with Crippen LogP contribution in [0, 0.1) is 0 Å². The van der Waals surface area contributed by atoms with E-state index < -0.39 is 34.9 Å². The van der Waals surface area contributed by atoms with Gasteiger partial charge in [-0.05, 0) is 17.7 Å². The molecule has 36 heavy (non-hydrogen) atoms. The van der Waals surface area contributed by atoms with Gasteiger partial charge in [-0.15, -0.1) is 0 Å². The van der Waals surface area contributed by atoms with Crippen LogP contribution in [0.25, 0.3) is 10.9 Å². The fraction of sp³-hybridized carbons (Fsp3) is 0.160. The molecular formula is C25H21ClN6O4. The number of hydrogen-bond donors (Lipinski definition) is 2. The average Bonchev–Trinajstić information content (AvgIpc) is 3.53. The van der Waals surface area contributed by atoms with Crippen LogP contribution in [0.3, 0.4) is 0 Å². The smallest absolute Gasteiger partial charge is 0.296 e. The van der Waals surface area contributed by atoms with E-state index in [1.165, 1.54) is 24.1 Å². The lowest BCUT2D eigenvalue weighted by molar-refractivity contribution is 0.101. The Kier molecular flexibility index (Phi) is 6.03. The van der Waals surface area contributed by atoms with Crippen molar-refractivity contribution in [3.63, 3.8) is 0 Å². The van der Waals surface area contributed by atoms with Crippen LogP contribution in [0.15, 0.2) is 76.5 Å².